The monoisotopic (exact) mass is 348 g/mol. The Morgan fingerprint density at radius 3 is 2.40 bits per heavy atom. The van der Waals surface area contributed by atoms with Crippen LogP contribution >= 0.6 is 11.3 Å². The van der Waals surface area contributed by atoms with E-state index in [2.05, 4.69) is 10.3 Å². The molecule has 1 amide bonds. The number of allylic oxidation sites excluding steroid dienone is 1. The molecule has 0 unspecified atom stereocenters. The molecule has 0 saturated heterocycles. The number of carbonyl (C=O) groups excluding carboxylic acids is 2. The zero-order valence-electron chi connectivity index (χ0n) is 13.6. The van der Waals surface area contributed by atoms with E-state index in [1.165, 1.54) is 11.3 Å². The minimum absolute atomic E-state index is 0.201. The number of aromatic nitrogens is 1. The van der Waals surface area contributed by atoms with Crippen LogP contribution in [0.3, 0.4) is 0 Å². The summed E-state index contributed by atoms with van der Waals surface area (Å²) in [4.78, 5) is 29.3. The number of nitrogens with one attached hydrogen (secondary N) is 1. The van der Waals surface area contributed by atoms with E-state index < -0.39 is 0 Å². The predicted molar refractivity (Wildman–Crippen MR) is 99.5 cm³/mol. The van der Waals surface area contributed by atoms with Gasteiger partial charge in [-0.2, -0.15) is 0 Å². The van der Waals surface area contributed by atoms with Crippen molar-refractivity contribution < 1.29 is 9.59 Å². The number of ketones is 1. The van der Waals surface area contributed by atoms with Gasteiger partial charge in [0, 0.05) is 17.1 Å². The minimum Gasteiger partial charge on any atom is -0.319 e. The van der Waals surface area contributed by atoms with Crippen molar-refractivity contribution in [3.05, 3.63) is 93.6 Å². The van der Waals surface area contributed by atoms with Gasteiger partial charge in [0.25, 0.3) is 5.91 Å². The number of carbonyl (C=O) groups is 2. The molecule has 0 atom stereocenters. The topological polar surface area (TPSA) is 59.1 Å². The first kappa shape index (κ1) is 16.8. The lowest BCUT2D eigenvalue weighted by molar-refractivity contribution is 0.0934. The van der Waals surface area contributed by atoms with Gasteiger partial charge in [0.05, 0.1) is 5.70 Å². The van der Waals surface area contributed by atoms with Gasteiger partial charge in [-0.15, -0.1) is 11.3 Å². The van der Waals surface area contributed by atoms with Gasteiger partial charge < -0.3 is 5.32 Å². The highest BCUT2D eigenvalue weighted by atomic mass is 32.1. The second kappa shape index (κ2) is 7.68. The molecular weight excluding hydrogens is 332 g/mol. The van der Waals surface area contributed by atoms with E-state index in [0.717, 1.165) is 11.1 Å². The number of hydrogen-bond donors (Lipinski definition) is 1. The van der Waals surface area contributed by atoms with Crippen molar-refractivity contribution in [2.75, 3.05) is 0 Å². The first-order valence-corrected chi connectivity index (χ1v) is 8.60. The van der Waals surface area contributed by atoms with Crippen LogP contribution in [0.25, 0.3) is 6.08 Å². The summed E-state index contributed by atoms with van der Waals surface area (Å²) in [6.45, 7) is 1.95. The minimum atomic E-state index is -0.327. The number of aryl methyl sites for hydroxylation is 1. The number of thiazole rings is 1. The van der Waals surface area contributed by atoms with Gasteiger partial charge in [0.1, 0.15) is 0 Å². The van der Waals surface area contributed by atoms with Gasteiger partial charge in [-0.05, 0) is 30.7 Å². The third kappa shape index (κ3) is 4.28. The summed E-state index contributed by atoms with van der Waals surface area (Å²) in [6, 6.07) is 16.6. The molecule has 0 aliphatic heterocycles. The highest BCUT2D eigenvalue weighted by Gasteiger charge is 2.18. The lowest BCUT2D eigenvalue weighted by atomic mass is 10.1. The number of rotatable bonds is 5. The van der Waals surface area contributed by atoms with Crippen LogP contribution in [0.5, 0.6) is 0 Å². The van der Waals surface area contributed by atoms with Crippen molar-refractivity contribution in [1.29, 1.82) is 0 Å². The van der Waals surface area contributed by atoms with Crippen LogP contribution in [0.15, 0.2) is 71.9 Å². The smallest absolute Gasteiger partial charge is 0.255 e. The van der Waals surface area contributed by atoms with E-state index in [4.69, 9.17) is 0 Å². The maximum Gasteiger partial charge on any atom is 0.255 e. The Morgan fingerprint density at radius 1 is 1.04 bits per heavy atom. The highest BCUT2D eigenvalue weighted by Crippen LogP contribution is 2.14. The Morgan fingerprint density at radius 2 is 1.76 bits per heavy atom. The average Bonchev–Trinajstić information content (AvgIpc) is 3.16. The van der Waals surface area contributed by atoms with Crippen molar-refractivity contribution in [2.45, 2.75) is 6.92 Å². The van der Waals surface area contributed by atoms with E-state index in [9.17, 15) is 9.59 Å². The maximum atomic E-state index is 12.7. The van der Waals surface area contributed by atoms with Crippen LogP contribution in [0.1, 0.15) is 31.3 Å². The van der Waals surface area contributed by atoms with Crippen LogP contribution in [0, 0.1) is 6.92 Å². The summed E-state index contributed by atoms with van der Waals surface area (Å²) >= 11 is 1.24. The molecule has 5 heteroatoms. The first-order chi connectivity index (χ1) is 12.1. The quantitative estimate of drug-likeness (QED) is 0.558. The van der Waals surface area contributed by atoms with Crippen LogP contribution < -0.4 is 5.32 Å². The third-order valence-electron chi connectivity index (χ3n) is 3.54. The lowest BCUT2D eigenvalue weighted by Crippen LogP contribution is -2.27. The molecule has 1 heterocycles. The molecule has 0 aliphatic rings. The van der Waals surface area contributed by atoms with E-state index in [-0.39, 0.29) is 17.4 Å². The molecule has 0 aliphatic carbocycles. The molecule has 3 rings (SSSR count). The van der Waals surface area contributed by atoms with Crippen LogP contribution in [0.2, 0.25) is 0 Å². The van der Waals surface area contributed by atoms with Crippen molar-refractivity contribution >= 4 is 29.1 Å². The number of benzene rings is 2. The van der Waals surface area contributed by atoms with E-state index in [0.29, 0.717) is 10.6 Å². The molecule has 4 nitrogen and oxygen atoms in total. The van der Waals surface area contributed by atoms with Crippen molar-refractivity contribution in [2.24, 2.45) is 0 Å². The van der Waals surface area contributed by atoms with Gasteiger partial charge in [-0.3, -0.25) is 9.59 Å². The number of amides is 1. The Labute approximate surface area is 149 Å². The van der Waals surface area contributed by atoms with Crippen LogP contribution in [-0.2, 0) is 0 Å². The fourth-order valence-electron chi connectivity index (χ4n) is 2.22. The lowest BCUT2D eigenvalue weighted by Gasteiger charge is -2.09. The van der Waals surface area contributed by atoms with Crippen molar-refractivity contribution in [3.63, 3.8) is 0 Å². The van der Waals surface area contributed by atoms with Gasteiger partial charge >= 0.3 is 0 Å². The summed E-state index contributed by atoms with van der Waals surface area (Å²) in [6.07, 6.45) is 3.23. The van der Waals surface area contributed by atoms with E-state index in [1.54, 1.807) is 29.8 Å². The molecule has 1 aromatic heterocycles. The average molecular weight is 348 g/mol. The Kier molecular flexibility index (Phi) is 5.16. The normalized spacial score (nSPS) is 11.2. The van der Waals surface area contributed by atoms with Crippen molar-refractivity contribution in [1.82, 2.24) is 10.3 Å². The second-order valence-corrected chi connectivity index (χ2v) is 6.35. The molecular formula is C20H16N2O2S. The molecule has 0 spiro atoms. The SMILES string of the molecule is Cc1ccc(C(=O)N/C(=C/c2ccccc2)C(=O)c2nccs2)cc1. The summed E-state index contributed by atoms with van der Waals surface area (Å²) in [7, 11) is 0. The second-order valence-electron chi connectivity index (χ2n) is 5.46. The summed E-state index contributed by atoms with van der Waals surface area (Å²) in [5, 5.41) is 4.80. The molecule has 124 valence electrons. The molecule has 0 radical (unpaired) electrons. The van der Waals surface area contributed by atoms with Gasteiger partial charge in [0.2, 0.25) is 5.78 Å². The number of Topliss-reactive ketones (excluding diaryl/α,β-unsaturated/α-hetero) is 1. The molecule has 1 N–H and O–H groups in total. The van der Waals surface area contributed by atoms with Gasteiger partial charge in [-0.1, -0.05) is 48.0 Å². The predicted octanol–water partition coefficient (Wildman–Crippen LogP) is 4.11. The molecule has 3 aromatic rings. The maximum absolute atomic E-state index is 12.7. The summed E-state index contributed by atoms with van der Waals surface area (Å²) in [5.74, 6) is -0.633. The zero-order chi connectivity index (χ0) is 17.6. The molecule has 0 fully saturated rings. The Balaban J connectivity index is 1.91. The fourth-order valence-corrected chi connectivity index (χ4v) is 2.81. The molecule has 0 bridgehead atoms. The standard InChI is InChI=1S/C20H16N2O2S/c1-14-7-9-16(10-8-14)19(24)22-17(13-15-5-3-2-4-6-15)18(23)20-21-11-12-25-20/h2-13H,1H3,(H,22,24)/b17-13+. The molecule has 0 saturated carbocycles. The molecule has 25 heavy (non-hydrogen) atoms. The Bertz CT molecular complexity index is 899. The third-order valence-corrected chi connectivity index (χ3v) is 4.32. The highest BCUT2D eigenvalue weighted by molar-refractivity contribution is 7.11. The summed E-state index contributed by atoms with van der Waals surface area (Å²) < 4.78 is 0. The fraction of sp³-hybridized carbons (Fsp3) is 0.0500. The first-order valence-electron chi connectivity index (χ1n) is 7.72. The van der Waals surface area contributed by atoms with E-state index in [1.807, 2.05) is 49.4 Å². The zero-order valence-corrected chi connectivity index (χ0v) is 14.4. The molecule has 2 aromatic carbocycles. The van der Waals surface area contributed by atoms with Crippen LogP contribution in [0.4, 0.5) is 0 Å². The van der Waals surface area contributed by atoms with Gasteiger partial charge in [-0.25, -0.2) is 4.98 Å². The van der Waals surface area contributed by atoms with Crippen molar-refractivity contribution in [3.8, 4) is 0 Å². The number of nitrogens with zero attached hydrogens (tertiary/aromatic N) is 1. The summed E-state index contributed by atoms with van der Waals surface area (Å²) in [5.41, 5.74) is 2.59. The van der Waals surface area contributed by atoms with Crippen LogP contribution in [-0.4, -0.2) is 16.7 Å². The largest absolute Gasteiger partial charge is 0.319 e. The van der Waals surface area contributed by atoms with E-state index >= 15 is 0 Å². The number of hydrogen-bond acceptors (Lipinski definition) is 4. The Hall–Kier alpha value is -3.05. The van der Waals surface area contributed by atoms with Gasteiger partial charge in [0.15, 0.2) is 5.01 Å².